The van der Waals surface area contributed by atoms with Crippen LogP contribution in [0.15, 0.2) is 48.5 Å². The molecule has 0 heterocycles. The molecule has 7 heteroatoms. The minimum Gasteiger partial charge on any atom is -0.379 e. The molecule has 0 unspecified atom stereocenters. The topological polar surface area (TPSA) is 78.7 Å². The van der Waals surface area contributed by atoms with Gasteiger partial charge in [0.2, 0.25) is 5.91 Å². The van der Waals surface area contributed by atoms with Gasteiger partial charge in [-0.1, -0.05) is 24.3 Å². The molecule has 0 aliphatic carbocycles. The molecule has 26 heavy (non-hydrogen) atoms. The van der Waals surface area contributed by atoms with Gasteiger partial charge in [0.15, 0.2) is 0 Å². The van der Waals surface area contributed by atoms with E-state index >= 15 is 0 Å². The van der Waals surface area contributed by atoms with Crippen molar-refractivity contribution in [2.75, 3.05) is 37.9 Å². The molecule has 7 nitrogen and oxygen atoms in total. The molecule has 1 N–H and O–H groups in total. The summed E-state index contributed by atoms with van der Waals surface area (Å²) < 4.78 is 0. The van der Waals surface area contributed by atoms with E-state index < -0.39 is 4.92 Å². The molecule has 0 atom stereocenters. The van der Waals surface area contributed by atoms with Gasteiger partial charge in [-0.15, -0.1) is 0 Å². The summed E-state index contributed by atoms with van der Waals surface area (Å²) in [5.41, 5.74) is 2.59. The molecule has 0 aliphatic rings. The normalized spacial score (nSPS) is 10.3. The summed E-state index contributed by atoms with van der Waals surface area (Å²) in [4.78, 5) is 26.5. The van der Waals surface area contributed by atoms with Crippen LogP contribution in [0.4, 0.5) is 17.1 Å². The van der Waals surface area contributed by atoms with Gasteiger partial charge in [0.05, 0.1) is 4.92 Å². The highest BCUT2D eigenvalue weighted by atomic mass is 16.6. The Bertz CT molecular complexity index is 760. The Kier molecular flexibility index (Phi) is 6.54. The van der Waals surface area contributed by atoms with E-state index in [1.807, 2.05) is 43.3 Å². The van der Waals surface area contributed by atoms with Crippen molar-refractivity contribution in [2.24, 2.45) is 0 Å². The third kappa shape index (κ3) is 5.20. The maximum Gasteiger partial charge on any atom is 0.292 e. The molecule has 2 aromatic rings. The Balaban J connectivity index is 1.85. The van der Waals surface area contributed by atoms with E-state index in [0.717, 1.165) is 11.3 Å². The predicted molar refractivity (Wildman–Crippen MR) is 103 cm³/mol. The van der Waals surface area contributed by atoms with Crippen LogP contribution >= 0.6 is 0 Å². The van der Waals surface area contributed by atoms with Gasteiger partial charge in [0.25, 0.3) is 5.69 Å². The number of carbonyl (C=O) groups excluding carboxylic acids is 1. The fourth-order valence-corrected chi connectivity index (χ4v) is 2.54. The van der Waals surface area contributed by atoms with Crippen molar-refractivity contribution >= 4 is 23.0 Å². The lowest BCUT2D eigenvalue weighted by Crippen LogP contribution is -2.27. The standard InChI is InChI=1S/C19H24N4O3/c1-21(2)16-10-8-15(9-11-16)14-22(3)19(24)12-13-20-17-6-4-5-7-18(17)23(25)26/h4-11,20H,12-14H2,1-3H3. The van der Waals surface area contributed by atoms with Crippen molar-refractivity contribution < 1.29 is 9.72 Å². The van der Waals surface area contributed by atoms with Crippen molar-refractivity contribution in [1.29, 1.82) is 0 Å². The number of nitrogens with zero attached hydrogens (tertiary/aromatic N) is 3. The minimum atomic E-state index is -0.437. The summed E-state index contributed by atoms with van der Waals surface area (Å²) >= 11 is 0. The number of nitro benzene ring substituents is 1. The first-order chi connectivity index (χ1) is 12.4. The van der Waals surface area contributed by atoms with Gasteiger partial charge in [-0.3, -0.25) is 14.9 Å². The van der Waals surface area contributed by atoms with Gasteiger partial charge >= 0.3 is 0 Å². The molecular formula is C19H24N4O3. The van der Waals surface area contributed by atoms with Crippen LogP contribution in [0, 0.1) is 10.1 Å². The van der Waals surface area contributed by atoms with E-state index in [-0.39, 0.29) is 18.0 Å². The lowest BCUT2D eigenvalue weighted by molar-refractivity contribution is -0.384. The Labute approximate surface area is 153 Å². The molecule has 0 bridgehead atoms. The van der Waals surface area contributed by atoms with Crippen molar-refractivity contribution in [2.45, 2.75) is 13.0 Å². The van der Waals surface area contributed by atoms with Gasteiger partial charge in [-0.05, 0) is 23.8 Å². The third-order valence-corrected chi connectivity index (χ3v) is 4.05. The second-order valence-electron chi connectivity index (χ2n) is 6.26. The molecule has 0 spiro atoms. The number of hydrogen-bond donors (Lipinski definition) is 1. The smallest absolute Gasteiger partial charge is 0.292 e. The first-order valence-corrected chi connectivity index (χ1v) is 8.36. The number of hydrogen-bond acceptors (Lipinski definition) is 5. The van der Waals surface area contributed by atoms with Crippen LogP contribution in [0.25, 0.3) is 0 Å². The fourth-order valence-electron chi connectivity index (χ4n) is 2.54. The number of carbonyl (C=O) groups is 1. The van der Waals surface area contributed by atoms with Crippen LogP contribution in [-0.4, -0.2) is 43.4 Å². The summed E-state index contributed by atoms with van der Waals surface area (Å²) in [6.07, 6.45) is 0.262. The largest absolute Gasteiger partial charge is 0.379 e. The lowest BCUT2D eigenvalue weighted by Gasteiger charge is -2.19. The molecule has 0 saturated carbocycles. The highest BCUT2D eigenvalue weighted by Gasteiger charge is 2.13. The van der Waals surface area contributed by atoms with Gasteiger partial charge in [0, 0.05) is 52.4 Å². The van der Waals surface area contributed by atoms with Crippen LogP contribution in [0.3, 0.4) is 0 Å². The zero-order chi connectivity index (χ0) is 19.1. The van der Waals surface area contributed by atoms with Crippen molar-refractivity contribution in [1.82, 2.24) is 4.90 Å². The Morgan fingerprint density at radius 3 is 2.35 bits per heavy atom. The summed E-state index contributed by atoms with van der Waals surface area (Å²) in [6, 6.07) is 14.5. The molecule has 0 radical (unpaired) electrons. The molecule has 0 fully saturated rings. The zero-order valence-electron chi connectivity index (χ0n) is 15.3. The number of rotatable bonds is 8. The van der Waals surface area contributed by atoms with Crippen LogP contribution in [-0.2, 0) is 11.3 Å². The monoisotopic (exact) mass is 356 g/mol. The first-order valence-electron chi connectivity index (χ1n) is 8.36. The number of benzene rings is 2. The summed E-state index contributed by atoms with van der Waals surface area (Å²) in [5.74, 6) is -0.0206. The first kappa shape index (κ1) is 19.2. The second kappa shape index (κ2) is 8.84. The Morgan fingerprint density at radius 1 is 1.08 bits per heavy atom. The van der Waals surface area contributed by atoms with Crippen LogP contribution in [0.1, 0.15) is 12.0 Å². The number of anilines is 2. The quantitative estimate of drug-likeness (QED) is 0.581. The van der Waals surface area contributed by atoms with E-state index in [1.165, 1.54) is 6.07 Å². The molecular weight excluding hydrogens is 332 g/mol. The van der Waals surface area contributed by atoms with E-state index in [9.17, 15) is 14.9 Å². The van der Waals surface area contributed by atoms with E-state index in [2.05, 4.69) is 5.32 Å². The van der Waals surface area contributed by atoms with E-state index in [4.69, 9.17) is 0 Å². The second-order valence-corrected chi connectivity index (χ2v) is 6.26. The number of nitrogens with one attached hydrogen (secondary N) is 1. The van der Waals surface area contributed by atoms with E-state index in [1.54, 1.807) is 30.1 Å². The predicted octanol–water partition coefficient (Wildman–Crippen LogP) is 3.12. The van der Waals surface area contributed by atoms with Crippen molar-refractivity contribution in [3.05, 3.63) is 64.2 Å². The van der Waals surface area contributed by atoms with Gasteiger partial charge in [-0.2, -0.15) is 0 Å². The average molecular weight is 356 g/mol. The Hall–Kier alpha value is -3.09. The van der Waals surface area contributed by atoms with Crippen molar-refractivity contribution in [3.8, 4) is 0 Å². The van der Waals surface area contributed by atoms with Crippen molar-refractivity contribution in [3.63, 3.8) is 0 Å². The fraction of sp³-hybridized carbons (Fsp3) is 0.316. The zero-order valence-corrected chi connectivity index (χ0v) is 15.3. The molecule has 138 valence electrons. The maximum absolute atomic E-state index is 12.3. The van der Waals surface area contributed by atoms with E-state index in [0.29, 0.717) is 18.8 Å². The molecule has 2 rings (SSSR count). The number of para-hydroxylation sites is 2. The highest BCUT2D eigenvalue weighted by molar-refractivity contribution is 5.76. The lowest BCUT2D eigenvalue weighted by atomic mass is 10.2. The minimum absolute atomic E-state index is 0.00860. The SMILES string of the molecule is CN(Cc1ccc(N(C)C)cc1)C(=O)CCNc1ccccc1[N+](=O)[O-]. The Morgan fingerprint density at radius 2 is 1.73 bits per heavy atom. The van der Waals surface area contributed by atoms with Gasteiger partial charge in [0.1, 0.15) is 5.69 Å². The number of amides is 1. The van der Waals surface area contributed by atoms with Gasteiger partial charge < -0.3 is 15.1 Å². The summed E-state index contributed by atoms with van der Waals surface area (Å²) in [7, 11) is 5.72. The summed E-state index contributed by atoms with van der Waals surface area (Å²) in [5, 5.41) is 14.0. The molecule has 0 saturated heterocycles. The molecule has 0 aromatic heterocycles. The van der Waals surface area contributed by atoms with Crippen LogP contribution in [0.2, 0.25) is 0 Å². The maximum atomic E-state index is 12.3. The average Bonchev–Trinajstić information content (AvgIpc) is 2.62. The highest BCUT2D eigenvalue weighted by Crippen LogP contribution is 2.23. The molecule has 0 aliphatic heterocycles. The number of nitro groups is 1. The van der Waals surface area contributed by atoms with Crippen LogP contribution in [0.5, 0.6) is 0 Å². The molecule has 2 aromatic carbocycles. The van der Waals surface area contributed by atoms with Gasteiger partial charge in [-0.25, -0.2) is 0 Å². The third-order valence-electron chi connectivity index (χ3n) is 4.05. The van der Waals surface area contributed by atoms with Crippen LogP contribution < -0.4 is 10.2 Å². The summed E-state index contributed by atoms with van der Waals surface area (Å²) in [6.45, 7) is 0.867. The molecule has 1 amide bonds.